The second-order valence-corrected chi connectivity index (χ2v) is 10.0. The summed E-state index contributed by atoms with van der Waals surface area (Å²) < 4.78 is 33.1. The molecule has 0 unspecified atom stereocenters. The first-order valence-corrected chi connectivity index (χ1v) is 12.4. The van der Waals surface area contributed by atoms with Gasteiger partial charge in [-0.2, -0.15) is 0 Å². The standard InChI is InChI=1S/C26H21Cl2NO3S/c1-32-23-11-2-18(3-12-23)17-29-33(30,31)24-13-8-20(9-14-24)19-4-6-21(7-5-19)25-15-10-22(27)16-26(25)28/h2-16,29H,17H2,1H3. The molecular formula is C26H21Cl2NO3S. The molecule has 0 spiro atoms. The zero-order valence-corrected chi connectivity index (χ0v) is 20.1. The summed E-state index contributed by atoms with van der Waals surface area (Å²) >= 11 is 12.3. The first-order valence-electron chi connectivity index (χ1n) is 10.1. The molecule has 0 saturated heterocycles. The summed E-state index contributed by atoms with van der Waals surface area (Å²) in [6.07, 6.45) is 0. The van der Waals surface area contributed by atoms with Crippen LogP contribution in [-0.4, -0.2) is 15.5 Å². The molecule has 0 bridgehead atoms. The van der Waals surface area contributed by atoms with Gasteiger partial charge in [-0.1, -0.05) is 77.8 Å². The summed E-state index contributed by atoms with van der Waals surface area (Å²) in [7, 11) is -2.04. The van der Waals surface area contributed by atoms with E-state index in [-0.39, 0.29) is 11.4 Å². The fourth-order valence-corrected chi connectivity index (χ4v) is 4.93. The van der Waals surface area contributed by atoms with E-state index in [9.17, 15) is 8.42 Å². The number of methoxy groups -OCH3 is 1. The van der Waals surface area contributed by atoms with Gasteiger partial charge in [0.05, 0.1) is 12.0 Å². The van der Waals surface area contributed by atoms with Crippen LogP contribution in [0.15, 0.2) is 95.9 Å². The van der Waals surface area contributed by atoms with Crippen LogP contribution in [0.5, 0.6) is 5.75 Å². The van der Waals surface area contributed by atoms with Crippen LogP contribution in [0.25, 0.3) is 22.3 Å². The molecule has 1 N–H and O–H groups in total. The van der Waals surface area contributed by atoms with Gasteiger partial charge in [-0.05, 0) is 58.7 Å². The van der Waals surface area contributed by atoms with Crippen LogP contribution >= 0.6 is 23.2 Å². The van der Waals surface area contributed by atoms with Crippen molar-refractivity contribution in [3.8, 4) is 28.0 Å². The number of halogens is 2. The zero-order chi connectivity index (χ0) is 23.4. The molecule has 4 aromatic rings. The third kappa shape index (κ3) is 5.57. The maximum atomic E-state index is 12.7. The predicted molar refractivity (Wildman–Crippen MR) is 134 cm³/mol. The maximum absolute atomic E-state index is 12.7. The van der Waals surface area contributed by atoms with Crippen molar-refractivity contribution in [2.45, 2.75) is 11.4 Å². The van der Waals surface area contributed by atoms with Crippen molar-refractivity contribution in [1.29, 1.82) is 0 Å². The van der Waals surface area contributed by atoms with Crippen LogP contribution in [0.2, 0.25) is 10.0 Å². The Labute approximate surface area is 203 Å². The van der Waals surface area contributed by atoms with E-state index in [0.717, 1.165) is 33.6 Å². The molecule has 0 atom stereocenters. The molecule has 0 saturated carbocycles. The van der Waals surface area contributed by atoms with Gasteiger partial charge in [0, 0.05) is 22.2 Å². The lowest BCUT2D eigenvalue weighted by Gasteiger charge is -2.10. The molecule has 33 heavy (non-hydrogen) atoms. The molecule has 0 heterocycles. The molecule has 0 aliphatic heterocycles. The van der Waals surface area contributed by atoms with Crippen molar-refractivity contribution >= 4 is 33.2 Å². The van der Waals surface area contributed by atoms with Gasteiger partial charge in [0.25, 0.3) is 0 Å². The second-order valence-electron chi connectivity index (χ2n) is 7.40. The lowest BCUT2D eigenvalue weighted by atomic mass is 10.0. The van der Waals surface area contributed by atoms with Gasteiger partial charge in [0.15, 0.2) is 0 Å². The first kappa shape index (κ1) is 23.3. The van der Waals surface area contributed by atoms with E-state index in [0.29, 0.717) is 10.0 Å². The highest BCUT2D eigenvalue weighted by molar-refractivity contribution is 7.89. The summed E-state index contributed by atoms with van der Waals surface area (Å²) in [6, 6.07) is 27.4. The van der Waals surface area contributed by atoms with Crippen molar-refractivity contribution in [2.75, 3.05) is 7.11 Å². The Bertz CT molecular complexity index is 1350. The molecular weight excluding hydrogens is 477 g/mol. The topological polar surface area (TPSA) is 55.4 Å². The lowest BCUT2D eigenvalue weighted by Crippen LogP contribution is -2.23. The van der Waals surface area contributed by atoms with Crippen molar-refractivity contribution < 1.29 is 13.2 Å². The summed E-state index contributed by atoms with van der Waals surface area (Å²) in [5.41, 5.74) is 4.60. The monoisotopic (exact) mass is 497 g/mol. The number of ether oxygens (including phenoxy) is 1. The largest absolute Gasteiger partial charge is 0.497 e. The Balaban J connectivity index is 1.46. The van der Waals surface area contributed by atoms with Crippen LogP contribution in [-0.2, 0) is 16.6 Å². The van der Waals surface area contributed by atoms with Gasteiger partial charge in [0.1, 0.15) is 5.75 Å². The smallest absolute Gasteiger partial charge is 0.240 e. The first-order chi connectivity index (χ1) is 15.9. The van der Waals surface area contributed by atoms with Crippen LogP contribution in [0.3, 0.4) is 0 Å². The van der Waals surface area contributed by atoms with Gasteiger partial charge >= 0.3 is 0 Å². The molecule has 4 rings (SSSR count). The highest BCUT2D eigenvalue weighted by Crippen LogP contribution is 2.32. The third-order valence-electron chi connectivity index (χ3n) is 5.25. The van der Waals surface area contributed by atoms with Crippen LogP contribution in [0, 0.1) is 0 Å². The lowest BCUT2D eigenvalue weighted by molar-refractivity contribution is 0.414. The fraction of sp³-hybridized carbons (Fsp3) is 0.0769. The van der Waals surface area contributed by atoms with E-state index in [4.69, 9.17) is 27.9 Å². The molecule has 0 amide bonds. The number of hydrogen-bond donors (Lipinski definition) is 1. The molecule has 0 aliphatic rings. The van der Waals surface area contributed by atoms with E-state index in [2.05, 4.69) is 4.72 Å². The highest BCUT2D eigenvalue weighted by atomic mass is 35.5. The number of hydrogen-bond acceptors (Lipinski definition) is 3. The summed E-state index contributed by atoms with van der Waals surface area (Å²) in [5, 5.41) is 1.18. The Hall–Kier alpha value is -2.83. The van der Waals surface area contributed by atoms with Gasteiger partial charge in [0.2, 0.25) is 10.0 Å². The summed E-state index contributed by atoms with van der Waals surface area (Å²) in [6.45, 7) is 0.197. The Morgan fingerprint density at radius 2 is 1.33 bits per heavy atom. The molecule has 7 heteroatoms. The number of benzene rings is 4. The van der Waals surface area contributed by atoms with E-state index < -0.39 is 10.0 Å². The van der Waals surface area contributed by atoms with Crippen LogP contribution in [0.1, 0.15) is 5.56 Å². The minimum absolute atomic E-state index is 0.197. The normalized spacial score (nSPS) is 11.4. The van der Waals surface area contributed by atoms with E-state index >= 15 is 0 Å². The fourth-order valence-electron chi connectivity index (χ4n) is 3.40. The SMILES string of the molecule is COc1ccc(CNS(=O)(=O)c2ccc(-c3ccc(-c4ccc(Cl)cc4Cl)cc3)cc2)cc1. The number of rotatable bonds is 7. The predicted octanol–water partition coefficient (Wildman–Crippen LogP) is 6.81. The van der Waals surface area contributed by atoms with Crippen molar-refractivity contribution in [3.05, 3.63) is 107 Å². The minimum Gasteiger partial charge on any atom is -0.497 e. The Kier molecular flexibility index (Phi) is 7.05. The van der Waals surface area contributed by atoms with Crippen LogP contribution < -0.4 is 9.46 Å². The van der Waals surface area contributed by atoms with Crippen molar-refractivity contribution in [1.82, 2.24) is 4.72 Å². The van der Waals surface area contributed by atoms with Gasteiger partial charge in [-0.3, -0.25) is 0 Å². The second kappa shape index (κ2) is 9.98. The Morgan fingerprint density at radius 1 is 0.758 bits per heavy atom. The molecule has 0 fully saturated rings. The maximum Gasteiger partial charge on any atom is 0.240 e. The molecule has 0 aliphatic carbocycles. The molecule has 0 radical (unpaired) electrons. The number of sulfonamides is 1. The minimum atomic E-state index is -3.63. The third-order valence-corrected chi connectivity index (χ3v) is 7.22. The van der Waals surface area contributed by atoms with E-state index in [1.807, 2.05) is 42.5 Å². The van der Waals surface area contributed by atoms with E-state index in [1.165, 1.54) is 0 Å². The average Bonchev–Trinajstić information content (AvgIpc) is 2.83. The molecule has 4 nitrogen and oxygen atoms in total. The summed E-state index contributed by atoms with van der Waals surface area (Å²) in [4.78, 5) is 0.212. The zero-order valence-electron chi connectivity index (χ0n) is 17.8. The Morgan fingerprint density at radius 3 is 1.91 bits per heavy atom. The highest BCUT2D eigenvalue weighted by Gasteiger charge is 2.14. The van der Waals surface area contributed by atoms with Gasteiger partial charge < -0.3 is 4.74 Å². The van der Waals surface area contributed by atoms with Crippen LogP contribution in [0.4, 0.5) is 0 Å². The molecule has 4 aromatic carbocycles. The number of nitrogens with one attached hydrogen (secondary N) is 1. The quantitative estimate of drug-likeness (QED) is 0.304. The average molecular weight is 498 g/mol. The van der Waals surface area contributed by atoms with Crippen molar-refractivity contribution in [3.63, 3.8) is 0 Å². The molecule has 168 valence electrons. The van der Waals surface area contributed by atoms with Gasteiger partial charge in [-0.25, -0.2) is 13.1 Å². The van der Waals surface area contributed by atoms with Crippen molar-refractivity contribution in [2.24, 2.45) is 0 Å². The van der Waals surface area contributed by atoms with E-state index in [1.54, 1.807) is 55.6 Å². The van der Waals surface area contributed by atoms with Gasteiger partial charge in [-0.15, -0.1) is 0 Å². The summed E-state index contributed by atoms with van der Waals surface area (Å²) in [5.74, 6) is 0.724. The molecule has 0 aromatic heterocycles.